The highest BCUT2D eigenvalue weighted by molar-refractivity contribution is 5.96. The topological polar surface area (TPSA) is 49.6 Å². The van der Waals surface area contributed by atoms with E-state index in [2.05, 4.69) is 36.1 Å². The first-order valence-corrected chi connectivity index (χ1v) is 8.02. The molecule has 3 rings (SSSR count). The van der Waals surface area contributed by atoms with Gasteiger partial charge in [0.25, 0.3) is 5.91 Å². The summed E-state index contributed by atoms with van der Waals surface area (Å²) in [5, 5.41) is 0. The molecule has 2 N–H and O–H groups in total. The molecule has 0 bridgehead atoms. The van der Waals surface area contributed by atoms with E-state index in [0.29, 0.717) is 11.3 Å². The van der Waals surface area contributed by atoms with Gasteiger partial charge >= 0.3 is 0 Å². The molecule has 0 spiro atoms. The summed E-state index contributed by atoms with van der Waals surface area (Å²) in [5.74, 6) is 0.0826. The first kappa shape index (κ1) is 21.1. The Hall–Kier alpha value is -1.91. The van der Waals surface area contributed by atoms with Crippen molar-refractivity contribution in [3.63, 3.8) is 0 Å². The third-order valence-electron chi connectivity index (χ3n) is 4.52. The molecule has 4 nitrogen and oxygen atoms in total. The summed E-state index contributed by atoms with van der Waals surface area (Å²) in [4.78, 5) is 17.0. The van der Waals surface area contributed by atoms with Crippen LogP contribution in [0, 0.1) is 13.8 Å². The fourth-order valence-electron chi connectivity index (χ4n) is 3.11. The fraction of sp³-hybridized carbons (Fsp3) is 0.316. The largest absolute Gasteiger partial charge is 0.399 e. The Morgan fingerprint density at radius 3 is 2.20 bits per heavy atom. The summed E-state index contributed by atoms with van der Waals surface area (Å²) < 4.78 is 0. The maximum absolute atomic E-state index is 12.7. The zero-order valence-corrected chi connectivity index (χ0v) is 16.2. The molecule has 1 amide bonds. The first-order chi connectivity index (χ1) is 11.1. The zero-order valence-electron chi connectivity index (χ0n) is 14.6. The number of hydrogen-bond acceptors (Lipinski definition) is 3. The van der Waals surface area contributed by atoms with Crippen LogP contribution in [0.2, 0.25) is 0 Å². The fourth-order valence-corrected chi connectivity index (χ4v) is 3.11. The Kier molecular flexibility index (Phi) is 7.59. The molecule has 136 valence electrons. The lowest BCUT2D eigenvalue weighted by Gasteiger charge is -2.37. The van der Waals surface area contributed by atoms with Crippen LogP contribution in [0.4, 0.5) is 11.4 Å². The van der Waals surface area contributed by atoms with Crippen molar-refractivity contribution < 1.29 is 4.79 Å². The number of benzene rings is 2. The maximum atomic E-state index is 12.7. The van der Waals surface area contributed by atoms with Gasteiger partial charge in [-0.15, -0.1) is 24.8 Å². The average Bonchev–Trinajstić information content (AvgIpc) is 2.57. The zero-order chi connectivity index (χ0) is 16.4. The Morgan fingerprint density at radius 1 is 0.920 bits per heavy atom. The van der Waals surface area contributed by atoms with Gasteiger partial charge in [0.2, 0.25) is 0 Å². The number of rotatable bonds is 2. The van der Waals surface area contributed by atoms with Gasteiger partial charge in [0.05, 0.1) is 0 Å². The number of halogens is 2. The lowest BCUT2D eigenvalue weighted by molar-refractivity contribution is 0.0746. The van der Waals surface area contributed by atoms with Gasteiger partial charge in [0.15, 0.2) is 0 Å². The quantitative estimate of drug-likeness (QED) is 0.806. The Bertz CT molecular complexity index is 728. The number of carbonyl (C=O) groups is 1. The standard InChI is InChI=1S/C19H23N3O.2ClH/c1-14-7-8-16(20)13-17(14)19(23)22-11-9-21(10-12-22)18-6-4-3-5-15(18)2;;/h3-8,13H,9-12,20H2,1-2H3;2*1H. The van der Waals surface area contributed by atoms with E-state index in [-0.39, 0.29) is 30.7 Å². The van der Waals surface area contributed by atoms with E-state index >= 15 is 0 Å². The summed E-state index contributed by atoms with van der Waals surface area (Å²) in [6.45, 7) is 7.28. The number of nitrogens with zero attached hydrogens (tertiary/aromatic N) is 2. The molecule has 0 aromatic heterocycles. The van der Waals surface area contributed by atoms with Gasteiger partial charge < -0.3 is 15.5 Å². The summed E-state index contributed by atoms with van der Waals surface area (Å²) in [6, 6.07) is 13.9. The smallest absolute Gasteiger partial charge is 0.254 e. The minimum Gasteiger partial charge on any atom is -0.399 e. The SMILES string of the molecule is Cc1ccc(N)cc1C(=O)N1CCN(c2ccccc2C)CC1.Cl.Cl. The van der Waals surface area contributed by atoms with Crippen molar-refractivity contribution >= 4 is 42.1 Å². The van der Waals surface area contributed by atoms with Gasteiger partial charge in [0.1, 0.15) is 0 Å². The summed E-state index contributed by atoms with van der Waals surface area (Å²) in [7, 11) is 0. The minimum absolute atomic E-state index is 0. The van der Waals surface area contributed by atoms with Crippen LogP contribution in [-0.2, 0) is 0 Å². The average molecular weight is 382 g/mol. The third-order valence-corrected chi connectivity index (χ3v) is 4.52. The van der Waals surface area contributed by atoms with E-state index in [1.807, 2.05) is 24.0 Å². The minimum atomic E-state index is 0. The molecule has 25 heavy (non-hydrogen) atoms. The van der Waals surface area contributed by atoms with Crippen molar-refractivity contribution in [1.82, 2.24) is 4.90 Å². The van der Waals surface area contributed by atoms with Crippen LogP contribution in [0.15, 0.2) is 42.5 Å². The summed E-state index contributed by atoms with van der Waals surface area (Å²) in [6.07, 6.45) is 0. The summed E-state index contributed by atoms with van der Waals surface area (Å²) >= 11 is 0. The predicted octanol–water partition coefficient (Wildman–Crippen LogP) is 3.69. The van der Waals surface area contributed by atoms with Gasteiger partial charge in [-0.05, 0) is 43.2 Å². The molecule has 0 atom stereocenters. The van der Waals surface area contributed by atoms with Gasteiger partial charge in [-0.25, -0.2) is 0 Å². The van der Waals surface area contributed by atoms with Crippen LogP contribution in [0.25, 0.3) is 0 Å². The molecular formula is C19H25Cl2N3O. The van der Waals surface area contributed by atoms with Crippen molar-refractivity contribution in [2.24, 2.45) is 0 Å². The van der Waals surface area contributed by atoms with Crippen LogP contribution in [0.1, 0.15) is 21.5 Å². The van der Waals surface area contributed by atoms with Gasteiger partial charge in [0, 0.05) is 43.1 Å². The van der Waals surface area contributed by atoms with Crippen LogP contribution < -0.4 is 10.6 Å². The van der Waals surface area contributed by atoms with E-state index in [4.69, 9.17) is 5.73 Å². The second kappa shape index (κ2) is 8.97. The molecule has 1 aliphatic heterocycles. The van der Waals surface area contributed by atoms with Crippen molar-refractivity contribution in [2.75, 3.05) is 36.8 Å². The Balaban J connectivity index is 0.00000156. The van der Waals surface area contributed by atoms with Crippen molar-refractivity contribution in [3.8, 4) is 0 Å². The molecule has 0 saturated carbocycles. The van der Waals surface area contributed by atoms with Crippen molar-refractivity contribution in [3.05, 3.63) is 59.2 Å². The van der Waals surface area contributed by atoms with Gasteiger partial charge in [-0.3, -0.25) is 4.79 Å². The number of aryl methyl sites for hydroxylation is 2. The van der Waals surface area contributed by atoms with E-state index in [0.717, 1.165) is 31.7 Å². The van der Waals surface area contributed by atoms with E-state index in [1.54, 1.807) is 6.07 Å². The highest BCUT2D eigenvalue weighted by Crippen LogP contribution is 2.22. The van der Waals surface area contributed by atoms with Crippen molar-refractivity contribution in [2.45, 2.75) is 13.8 Å². The number of nitrogen functional groups attached to an aromatic ring is 1. The molecular weight excluding hydrogens is 357 g/mol. The predicted molar refractivity (Wildman–Crippen MR) is 109 cm³/mol. The van der Waals surface area contributed by atoms with E-state index in [9.17, 15) is 4.79 Å². The number of para-hydroxylation sites is 1. The molecule has 2 aromatic carbocycles. The second-order valence-corrected chi connectivity index (χ2v) is 6.14. The molecule has 1 fully saturated rings. The van der Waals surface area contributed by atoms with E-state index < -0.39 is 0 Å². The molecule has 1 aliphatic rings. The Labute approximate surface area is 161 Å². The molecule has 1 heterocycles. The van der Waals surface area contributed by atoms with E-state index in [1.165, 1.54) is 11.3 Å². The third kappa shape index (κ3) is 4.59. The number of anilines is 2. The molecule has 0 aliphatic carbocycles. The molecule has 0 unspecified atom stereocenters. The van der Waals surface area contributed by atoms with Crippen LogP contribution in [-0.4, -0.2) is 37.0 Å². The lowest BCUT2D eigenvalue weighted by atomic mass is 10.1. The summed E-state index contributed by atoms with van der Waals surface area (Å²) in [5.41, 5.74) is 10.7. The molecule has 6 heteroatoms. The number of piperazine rings is 1. The number of carbonyl (C=O) groups excluding carboxylic acids is 1. The highest BCUT2D eigenvalue weighted by Gasteiger charge is 2.23. The van der Waals surface area contributed by atoms with Gasteiger partial charge in [-0.2, -0.15) is 0 Å². The highest BCUT2D eigenvalue weighted by atomic mass is 35.5. The molecule has 0 radical (unpaired) electrons. The van der Waals surface area contributed by atoms with Gasteiger partial charge in [-0.1, -0.05) is 24.3 Å². The van der Waals surface area contributed by atoms with Crippen LogP contribution >= 0.6 is 24.8 Å². The maximum Gasteiger partial charge on any atom is 0.254 e. The van der Waals surface area contributed by atoms with Crippen LogP contribution in [0.5, 0.6) is 0 Å². The number of amides is 1. The first-order valence-electron chi connectivity index (χ1n) is 8.02. The second-order valence-electron chi connectivity index (χ2n) is 6.14. The Morgan fingerprint density at radius 2 is 1.56 bits per heavy atom. The van der Waals surface area contributed by atoms with Crippen molar-refractivity contribution in [1.29, 1.82) is 0 Å². The van der Waals surface area contributed by atoms with Crippen LogP contribution in [0.3, 0.4) is 0 Å². The number of nitrogens with two attached hydrogens (primary N) is 1. The monoisotopic (exact) mass is 381 g/mol. The molecule has 2 aromatic rings. The lowest BCUT2D eigenvalue weighted by Crippen LogP contribution is -2.49. The normalized spacial score (nSPS) is 13.7. The number of hydrogen-bond donors (Lipinski definition) is 1. The molecule has 1 saturated heterocycles.